The molecule has 2 aromatic carbocycles. The van der Waals surface area contributed by atoms with Crippen LogP contribution in [0.2, 0.25) is 0 Å². The molecule has 7 heteroatoms. The first-order valence-electron chi connectivity index (χ1n) is 6.38. The minimum absolute atomic E-state index is 0.521. The largest absolute Gasteiger partial charge is 0.456 e. The summed E-state index contributed by atoms with van der Waals surface area (Å²) in [7, 11) is -3.28. The second-order valence-electron chi connectivity index (χ2n) is 4.75. The third kappa shape index (κ3) is 4.79. The molecule has 4 nitrogen and oxygen atoms in total. The molecular weight excluding hydrogens is 433 g/mol. The molecule has 0 fully saturated rings. The van der Waals surface area contributed by atoms with E-state index in [-0.39, 0.29) is 0 Å². The van der Waals surface area contributed by atoms with Gasteiger partial charge in [-0.3, -0.25) is 4.72 Å². The van der Waals surface area contributed by atoms with Gasteiger partial charge >= 0.3 is 0 Å². The molecule has 0 aliphatic heterocycles. The summed E-state index contributed by atoms with van der Waals surface area (Å²) < 4.78 is 31.6. The second-order valence-corrected chi connectivity index (χ2v) is 8.51. The van der Waals surface area contributed by atoms with Crippen LogP contribution in [0.15, 0.2) is 41.3 Å². The maximum Gasteiger partial charge on any atom is 0.229 e. The number of halogens is 1. The smallest absolute Gasteiger partial charge is 0.229 e. The third-order valence-electron chi connectivity index (χ3n) is 2.83. The molecule has 2 aromatic rings. The number of anilines is 1. The monoisotopic (exact) mass is 449 g/mol. The van der Waals surface area contributed by atoms with Gasteiger partial charge in [0.25, 0.3) is 0 Å². The van der Waals surface area contributed by atoms with E-state index in [0.29, 0.717) is 11.4 Å². The highest BCUT2D eigenvalue weighted by Crippen LogP contribution is 2.31. The highest BCUT2D eigenvalue weighted by molar-refractivity contribution is 14.1. The summed E-state index contributed by atoms with van der Waals surface area (Å²) in [5.74, 6) is 1.45. The summed E-state index contributed by atoms with van der Waals surface area (Å²) in [6, 6.07) is 11.1. The van der Waals surface area contributed by atoms with Crippen LogP contribution in [0.5, 0.6) is 11.5 Å². The molecule has 0 atom stereocenters. The van der Waals surface area contributed by atoms with Gasteiger partial charge in [-0.05, 0) is 77.7 Å². The van der Waals surface area contributed by atoms with Gasteiger partial charge in [-0.25, -0.2) is 8.42 Å². The molecule has 22 heavy (non-hydrogen) atoms. The Morgan fingerprint density at radius 3 is 2.45 bits per heavy atom. The van der Waals surface area contributed by atoms with Crippen LogP contribution >= 0.6 is 34.4 Å². The third-order valence-corrected chi connectivity index (χ3v) is 5.18. The quantitative estimate of drug-likeness (QED) is 0.540. The number of rotatable bonds is 5. The van der Waals surface area contributed by atoms with E-state index in [2.05, 4.69) is 27.3 Å². The summed E-state index contributed by atoms with van der Waals surface area (Å²) >= 11 is 3.82. The molecule has 0 saturated heterocycles. The molecule has 118 valence electrons. The molecule has 0 bridgehead atoms. The van der Waals surface area contributed by atoms with Crippen molar-refractivity contribution in [1.82, 2.24) is 0 Å². The molecule has 0 aliphatic rings. The van der Waals surface area contributed by atoms with Crippen molar-refractivity contribution in [3.8, 4) is 11.5 Å². The van der Waals surface area contributed by atoms with E-state index in [1.807, 2.05) is 31.4 Å². The summed E-state index contributed by atoms with van der Waals surface area (Å²) in [5.41, 5.74) is 1.68. The van der Waals surface area contributed by atoms with Crippen LogP contribution in [0.4, 0.5) is 5.69 Å². The Bertz CT molecular complexity index is 791. The average Bonchev–Trinajstić information content (AvgIpc) is 2.40. The van der Waals surface area contributed by atoms with Crippen molar-refractivity contribution in [2.75, 3.05) is 17.2 Å². The van der Waals surface area contributed by atoms with Crippen LogP contribution in [-0.4, -0.2) is 20.9 Å². The Labute approximate surface area is 148 Å². The lowest BCUT2D eigenvalue weighted by molar-refractivity contribution is 0.478. The fourth-order valence-corrected chi connectivity index (χ4v) is 3.67. The highest BCUT2D eigenvalue weighted by Gasteiger charge is 2.08. The maximum atomic E-state index is 11.2. The molecule has 0 aromatic heterocycles. The zero-order valence-electron chi connectivity index (χ0n) is 12.4. The van der Waals surface area contributed by atoms with E-state index in [9.17, 15) is 8.42 Å². The first-order valence-corrected chi connectivity index (χ1v) is 10.6. The number of ether oxygens (including phenoxy) is 1. The molecule has 0 heterocycles. The highest BCUT2D eigenvalue weighted by atomic mass is 127. The Kier molecular flexibility index (Phi) is 5.62. The Hall–Kier alpha value is -0.930. The number of sulfonamides is 1. The van der Waals surface area contributed by atoms with E-state index >= 15 is 0 Å². The van der Waals surface area contributed by atoms with Crippen LogP contribution in [0.25, 0.3) is 0 Å². The van der Waals surface area contributed by atoms with Gasteiger partial charge < -0.3 is 4.74 Å². The van der Waals surface area contributed by atoms with E-state index in [4.69, 9.17) is 4.74 Å². The van der Waals surface area contributed by atoms with Crippen LogP contribution < -0.4 is 9.46 Å². The van der Waals surface area contributed by atoms with Crippen molar-refractivity contribution in [2.24, 2.45) is 0 Å². The van der Waals surface area contributed by atoms with Crippen LogP contribution in [0.3, 0.4) is 0 Å². The van der Waals surface area contributed by atoms with Crippen LogP contribution in [0, 0.1) is 10.5 Å². The van der Waals surface area contributed by atoms with Crippen molar-refractivity contribution in [2.45, 2.75) is 11.8 Å². The molecule has 0 spiro atoms. The number of aryl methyl sites for hydroxylation is 1. The van der Waals surface area contributed by atoms with Gasteiger partial charge in [0.05, 0.1) is 9.83 Å². The Morgan fingerprint density at radius 2 is 1.91 bits per heavy atom. The van der Waals surface area contributed by atoms with Gasteiger partial charge in [-0.15, -0.1) is 11.8 Å². The van der Waals surface area contributed by atoms with Crippen molar-refractivity contribution in [1.29, 1.82) is 0 Å². The van der Waals surface area contributed by atoms with Gasteiger partial charge in [-0.2, -0.15) is 0 Å². The zero-order valence-corrected chi connectivity index (χ0v) is 16.2. The van der Waals surface area contributed by atoms with E-state index < -0.39 is 10.0 Å². The number of benzene rings is 2. The number of hydrogen-bond acceptors (Lipinski definition) is 4. The standard InChI is InChI=1S/C15H16INO3S2/c1-10-8-12(5-7-15(10)21-2)20-14-6-4-11(9-13(14)16)17-22(3,18)19/h4-9,17H,1-3H3. The summed E-state index contributed by atoms with van der Waals surface area (Å²) in [4.78, 5) is 1.22. The molecule has 0 unspecified atom stereocenters. The topological polar surface area (TPSA) is 55.4 Å². The van der Waals surface area contributed by atoms with Gasteiger partial charge in [0.2, 0.25) is 10.0 Å². The lowest BCUT2D eigenvalue weighted by Gasteiger charge is -2.11. The predicted molar refractivity (Wildman–Crippen MR) is 101 cm³/mol. The molecular formula is C15H16INO3S2. The molecule has 0 radical (unpaired) electrons. The second kappa shape index (κ2) is 7.10. The molecule has 1 N–H and O–H groups in total. The van der Waals surface area contributed by atoms with Crippen molar-refractivity contribution < 1.29 is 13.2 Å². The molecule has 0 aliphatic carbocycles. The summed E-state index contributed by atoms with van der Waals surface area (Å²) in [6.07, 6.45) is 3.17. The SMILES string of the molecule is CSc1ccc(Oc2ccc(NS(C)(=O)=O)cc2I)cc1C. The van der Waals surface area contributed by atoms with Crippen molar-refractivity contribution in [3.63, 3.8) is 0 Å². The minimum Gasteiger partial charge on any atom is -0.456 e. The molecule has 0 amide bonds. The van der Waals surface area contributed by atoms with Gasteiger partial charge in [0, 0.05) is 10.6 Å². The molecule has 0 saturated carbocycles. The fraction of sp³-hybridized carbons (Fsp3) is 0.200. The average molecular weight is 449 g/mol. The van der Waals surface area contributed by atoms with Gasteiger partial charge in [-0.1, -0.05) is 0 Å². The number of nitrogens with one attached hydrogen (secondary N) is 1. The maximum absolute atomic E-state index is 11.2. The van der Waals surface area contributed by atoms with Crippen molar-refractivity contribution in [3.05, 3.63) is 45.5 Å². The normalized spacial score (nSPS) is 11.3. The van der Waals surface area contributed by atoms with Crippen LogP contribution in [0.1, 0.15) is 5.56 Å². The summed E-state index contributed by atoms with van der Waals surface area (Å²) in [5, 5.41) is 0. The summed E-state index contributed by atoms with van der Waals surface area (Å²) in [6.45, 7) is 2.04. The Balaban J connectivity index is 2.21. The lowest BCUT2D eigenvalue weighted by atomic mass is 10.2. The number of thioether (sulfide) groups is 1. The van der Waals surface area contributed by atoms with E-state index in [0.717, 1.165) is 21.1 Å². The molecule has 2 rings (SSSR count). The van der Waals surface area contributed by atoms with Gasteiger partial charge in [0.1, 0.15) is 11.5 Å². The number of hydrogen-bond donors (Lipinski definition) is 1. The van der Waals surface area contributed by atoms with E-state index in [1.54, 1.807) is 30.0 Å². The first-order chi connectivity index (χ1) is 10.3. The van der Waals surface area contributed by atoms with Gasteiger partial charge in [0.15, 0.2) is 0 Å². The Morgan fingerprint density at radius 1 is 1.18 bits per heavy atom. The fourth-order valence-electron chi connectivity index (χ4n) is 1.90. The minimum atomic E-state index is -3.28. The first kappa shape index (κ1) is 17.4. The van der Waals surface area contributed by atoms with Crippen molar-refractivity contribution >= 4 is 50.1 Å². The predicted octanol–water partition coefficient (Wildman–Crippen LogP) is 4.49. The zero-order chi connectivity index (χ0) is 16.3. The lowest BCUT2D eigenvalue weighted by Crippen LogP contribution is -2.09. The van der Waals surface area contributed by atoms with E-state index in [1.165, 1.54) is 4.90 Å². The van der Waals surface area contributed by atoms with Crippen LogP contribution in [-0.2, 0) is 10.0 Å².